The van der Waals surface area contributed by atoms with Gasteiger partial charge in [0.05, 0.1) is 34.4 Å². The highest BCUT2D eigenvalue weighted by molar-refractivity contribution is 7.45. The van der Waals surface area contributed by atoms with E-state index >= 15 is 0 Å². The average Bonchev–Trinajstić information content (AvgIpc) is 3.16. The van der Waals surface area contributed by atoms with Crippen molar-refractivity contribution in [1.29, 1.82) is 0 Å². The van der Waals surface area contributed by atoms with Crippen molar-refractivity contribution in [3.63, 3.8) is 0 Å². The quantitative estimate of drug-likeness (QED) is 0.0199. The number of carbonyl (C=O) groups excluding carboxylic acids is 1. The molecule has 2 atom stereocenters. The third-order valence-corrected chi connectivity index (χ3v) is 10.2. The van der Waals surface area contributed by atoms with Gasteiger partial charge in [-0.1, -0.05) is 151 Å². The Hall–Kier alpha value is -2.06. The molecule has 9 heteroatoms. The molecule has 0 heterocycles. The van der Waals surface area contributed by atoms with Crippen molar-refractivity contribution in [2.24, 2.45) is 0 Å². The van der Waals surface area contributed by atoms with Crippen molar-refractivity contribution in [3.05, 3.63) is 72.9 Å². The molecule has 0 aliphatic carbocycles. The molecule has 0 aromatic rings. The van der Waals surface area contributed by atoms with Crippen LogP contribution in [0, 0.1) is 0 Å². The molecular weight excluding hydrogens is 734 g/mol. The Morgan fingerprint density at radius 2 is 1.02 bits per heavy atom. The number of phosphoric acid groups is 1. The lowest BCUT2D eigenvalue weighted by atomic mass is 10.1. The van der Waals surface area contributed by atoms with Gasteiger partial charge in [-0.3, -0.25) is 9.36 Å². The minimum atomic E-state index is -4.54. The maximum atomic E-state index is 12.7. The molecule has 0 spiro atoms. The van der Waals surface area contributed by atoms with Crippen LogP contribution in [0.2, 0.25) is 0 Å². The first-order chi connectivity index (χ1) is 27.6. The third-order valence-electron chi connectivity index (χ3n) is 9.24. The number of esters is 1. The second-order valence-corrected chi connectivity index (χ2v) is 17.4. The molecule has 0 amide bonds. The van der Waals surface area contributed by atoms with Crippen LogP contribution < -0.4 is 4.89 Å². The van der Waals surface area contributed by atoms with E-state index in [-0.39, 0.29) is 32.2 Å². The topological polar surface area (TPSA) is 94.1 Å². The number of ether oxygens (including phenoxy) is 2. The van der Waals surface area contributed by atoms with Gasteiger partial charge in [0, 0.05) is 13.0 Å². The molecular formula is C48H86NO7P. The molecule has 0 radical (unpaired) electrons. The minimum Gasteiger partial charge on any atom is -0.756 e. The first-order valence-corrected chi connectivity index (χ1v) is 24.1. The normalized spacial score (nSPS) is 14.4. The number of allylic oxidation sites excluding steroid dienone is 12. The fourth-order valence-corrected chi connectivity index (χ4v) is 6.47. The Kier molecular flexibility index (Phi) is 39.2. The van der Waals surface area contributed by atoms with Gasteiger partial charge in [-0.2, -0.15) is 0 Å². The fourth-order valence-electron chi connectivity index (χ4n) is 5.74. The predicted molar refractivity (Wildman–Crippen MR) is 240 cm³/mol. The van der Waals surface area contributed by atoms with Crippen LogP contribution in [0.1, 0.15) is 168 Å². The second kappa shape index (κ2) is 40.7. The van der Waals surface area contributed by atoms with Crippen molar-refractivity contribution < 1.29 is 37.3 Å². The van der Waals surface area contributed by atoms with E-state index in [1.54, 1.807) is 0 Å². The monoisotopic (exact) mass is 820 g/mol. The van der Waals surface area contributed by atoms with Crippen LogP contribution in [0.15, 0.2) is 72.9 Å². The van der Waals surface area contributed by atoms with Gasteiger partial charge >= 0.3 is 5.97 Å². The Morgan fingerprint density at radius 3 is 1.53 bits per heavy atom. The summed E-state index contributed by atoms with van der Waals surface area (Å²) in [6.45, 7) is 5.21. The molecule has 0 aromatic carbocycles. The standard InChI is InChI=1S/C48H86NO7P/c1-6-8-10-12-14-16-18-20-22-23-24-25-26-28-30-32-34-36-38-40-43-53-45-47(46-55-57(51,52)54-44-42-49(3,4)5)56-48(50)41-39-37-35-33-31-29-27-21-19-17-15-13-11-9-7-2/h9,11,14-17,20-22,24-25,27,47H,6-8,10,12-13,18-19,23,26,28-46H2,1-5H3/b11-9-,16-14-,17-15-,22-20-,25-24-,27-21-. The van der Waals surface area contributed by atoms with E-state index in [9.17, 15) is 14.3 Å². The van der Waals surface area contributed by atoms with E-state index in [1.165, 1.54) is 51.4 Å². The van der Waals surface area contributed by atoms with E-state index in [2.05, 4.69) is 86.8 Å². The zero-order valence-corrected chi connectivity index (χ0v) is 38.2. The molecule has 0 saturated carbocycles. The number of rotatable bonds is 41. The van der Waals surface area contributed by atoms with E-state index in [0.717, 1.165) is 96.3 Å². The van der Waals surface area contributed by atoms with E-state index in [4.69, 9.17) is 18.5 Å². The largest absolute Gasteiger partial charge is 0.756 e. The van der Waals surface area contributed by atoms with Gasteiger partial charge in [0.2, 0.25) is 0 Å². The Morgan fingerprint density at radius 1 is 0.561 bits per heavy atom. The number of unbranched alkanes of at least 4 members (excludes halogenated alkanes) is 15. The molecule has 2 unspecified atom stereocenters. The summed E-state index contributed by atoms with van der Waals surface area (Å²) in [5, 5.41) is 0. The molecule has 330 valence electrons. The van der Waals surface area contributed by atoms with Crippen LogP contribution in [-0.2, 0) is 27.9 Å². The number of likely N-dealkylation sites (N-methyl/N-ethyl adjacent to an activating group) is 1. The van der Waals surface area contributed by atoms with Crippen molar-refractivity contribution >= 4 is 13.8 Å². The summed E-state index contributed by atoms with van der Waals surface area (Å²) < 4.78 is 34.6. The summed E-state index contributed by atoms with van der Waals surface area (Å²) in [5.74, 6) is -0.358. The van der Waals surface area contributed by atoms with Gasteiger partial charge < -0.3 is 27.9 Å². The number of hydrogen-bond acceptors (Lipinski definition) is 7. The molecule has 0 N–H and O–H groups in total. The lowest BCUT2D eigenvalue weighted by molar-refractivity contribution is -0.870. The lowest BCUT2D eigenvalue weighted by Gasteiger charge is -2.28. The second-order valence-electron chi connectivity index (χ2n) is 16.0. The highest BCUT2D eigenvalue weighted by Gasteiger charge is 2.20. The van der Waals surface area contributed by atoms with Crippen LogP contribution in [0.4, 0.5) is 0 Å². The summed E-state index contributed by atoms with van der Waals surface area (Å²) in [6.07, 6.45) is 52.0. The van der Waals surface area contributed by atoms with Gasteiger partial charge in [-0.15, -0.1) is 0 Å². The average molecular weight is 820 g/mol. The van der Waals surface area contributed by atoms with Gasteiger partial charge in [0.25, 0.3) is 7.82 Å². The fraction of sp³-hybridized carbons (Fsp3) is 0.729. The van der Waals surface area contributed by atoms with E-state index < -0.39 is 13.9 Å². The first kappa shape index (κ1) is 54.9. The highest BCUT2D eigenvalue weighted by Crippen LogP contribution is 2.38. The number of phosphoric ester groups is 1. The van der Waals surface area contributed by atoms with Gasteiger partial charge in [-0.25, -0.2) is 0 Å². The minimum absolute atomic E-state index is 0.0166. The molecule has 8 nitrogen and oxygen atoms in total. The van der Waals surface area contributed by atoms with Crippen LogP contribution in [0.5, 0.6) is 0 Å². The van der Waals surface area contributed by atoms with Crippen molar-refractivity contribution in [2.75, 3.05) is 54.1 Å². The van der Waals surface area contributed by atoms with Crippen LogP contribution in [0.3, 0.4) is 0 Å². The number of quaternary nitrogens is 1. The molecule has 0 aliphatic heterocycles. The molecule has 0 bridgehead atoms. The van der Waals surface area contributed by atoms with Crippen LogP contribution in [-0.4, -0.2) is 70.7 Å². The SMILES string of the molecule is CC/C=C\C/C=C\C/C=C\CCCCCCCC(=O)OC(COCCCCCCCCC/C=C\C/C=C\C/C=C\CCCCC)COP(=O)([O-])OCC[N+](C)(C)C. The first-order valence-electron chi connectivity index (χ1n) is 22.7. The smallest absolute Gasteiger partial charge is 0.306 e. The maximum absolute atomic E-state index is 12.7. The van der Waals surface area contributed by atoms with E-state index in [1.807, 2.05) is 21.1 Å². The number of carbonyl (C=O) groups is 1. The third kappa shape index (κ3) is 44.9. The summed E-state index contributed by atoms with van der Waals surface area (Å²) in [4.78, 5) is 25.1. The highest BCUT2D eigenvalue weighted by atomic mass is 31.2. The summed E-state index contributed by atoms with van der Waals surface area (Å²) in [7, 11) is 1.32. The lowest BCUT2D eigenvalue weighted by Crippen LogP contribution is -2.37. The summed E-state index contributed by atoms with van der Waals surface area (Å²) in [6, 6.07) is 0. The Balaban J connectivity index is 4.27. The predicted octanol–water partition coefficient (Wildman–Crippen LogP) is 12.9. The van der Waals surface area contributed by atoms with Crippen molar-refractivity contribution in [3.8, 4) is 0 Å². The number of nitrogens with zero attached hydrogens (tertiary/aromatic N) is 1. The summed E-state index contributed by atoms with van der Waals surface area (Å²) >= 11 is 0. The molecule has 0 aromatic heterocycles. The molecule has 0 rings (SSSR count). The van der Waals surface area contributed by atoms with Gasteiger partial charge in [0.1, 0.15) is 19.3 Å². The van der Waals surface area contributed by atoms with Gasteiger partial charge in [-0.05, 0) is 83.5 Å². The zero-order chi connectivity index (χ0) is 42.0. The van der Waals surface area contributed by atoms with Crippen LogP contribution >= 0.6 is 7.82 Å². The van der Waals surface area contributed by atoms with Crippen molar-refractivity contribution in [2.45, 2.75) is 174 Å². The van der Waals surface area contributed by atoms with Crippen LogP contribution in [0.25, 0.3) is 0 Å². The zero-order valence-electron chi connectivity index (χ0n) is 37.3. The Labute approximate surface area is 351 Å². The maximum Gasteiger partial charge on any atom is 0.306 e. The van der Waals surface area contributed by atoms with Gasteiger partial charge in [0.15, 0.2) is 0 Å². The molecule has 0 saturated heterocycles. The van der Waals surface area contributed by atoms with E-state index in [0.29, 0.717) is 17.6 Å². The molecule has 0 aliphatic rings. The molecule has 0 fully saturated rings. The van der Waals surface area contributed by atoms with Crippen molar-refractivity contribution in [1.82, 2.24) is 0 Å². The molecule has 57 heavy (non-hydrogen) atoms. The number of hydrogen-bond donors (Lipinski definition) is 0. The Bertz CT molecular complexity index is 1140. The summed E-state index contributed by atoms with van der Waals surface area (Å²) in [5.41, 5.74) is 0.